The summed E-state index contributed by atoms with van der Waals surface area (Å²) in [5, 5.41) is 3.23. The maximum Gasteiger partial charge on any atom is 0.261 e. The van der Waals surface area contributed by atoms with E-state index in [1.54, 1.807) is 11.3 Å². The molecule has 0 radical (unpaired) electrons. The highest BCUT2D eigenvalue weighted by Crippen LogP contribution is 2.21. The normalized spacial score (nSPS) is 13.3. The van der Waals surface area contributed by atoms with E-state index in [1.165, 1.54) is 9.75 Å². The molecule has 5 heteroatoms. The smallest absolute Gasteiger partial charge is 0.261 e. The Balaban J connectivity index is 2.13. The predicted molar refractivity (Wildman–Crippen MR) is 62.3 cm³/mol. The molecule has 0 saturated heterocycles. The maximum atomic E-state index is 11.7. The topological polar surface area (TPSA) is 21.3 Å². The Morgan fingerprint density at radius 1 is 1.44 bits per heavy atom. The fraction of sp³-hybridized carbons (Fsp3) is 0.636. The van der Waals surface area contributed by atoms with Gasteiger partial charge in [0.25, 0.3) is 6.43 Å². The van der Waals surface area contributed by atoms with Gasteiger partial charge in [0.1, 0.15) is 6.61 Å². The number of alkyl halides is 2. The fourth-order valence-electron chi connectivity index (χ4n) is 1.31. The summed E-state index contributed by atoms with van der Waals surface area (Å²) in [5.41, 5.74) is 0. The third kappa shape index (κ3) is 5.01. The molecule has 2 nitrogen and oxygen atoms in total. The summed E-state index contributed by atoms with van der Waals surface area (Å²) in [5.74, 6) is 0. The van der Waals surface area contributed by atoms with Crippen LogP contribution in [-0.4, -0.2) is 26.2 Å². The quantitative estimate of drug-likeness (QED) is 0.750. The van der Waals surface area contributed by atoms with E-state index in [0.29, 0.717) is 13.2 Å². The molecule has 0 fully saturated rings. The molecule has 1 rings (SSSR count). The minimum absolute atomic E-state index is 0.244. The number of hydrogen-bond acceptors (Lipinski definition) is 3. The molecule has 0 aliphatic rings. The summed E-state index contributed by atoms with van der Waals surface area (Å²) in [6, 6.07) is 4.40. The number of nitrogens with one attached hydrogen (secondary N) is 1. The zero-order chi connectivity index (χ0) is 12.0. The van der Waals surface area contributed by atoms with Crippen LogP contribution in [0.3, 0.4) is 0 Å². The molecule has 1 aromatic heterocycles. The summed E-state index contributed by atoms with van der Waals surface area (Å²) in [6.07, 6.45) is -2.38. The average Bonchev–Trinajstić information content (AvgIpc) is 2.63. The molecule has 0 aromatic carbocycles. The van der Waals surface area contributed by atoms with Crippen molar-refractivity contribution in [2.75, 3.05) is 19.8 Å². The van der Waals surface area contributed by atoms with Crippen molar-refractivity contribution < 1.29 is 13.5 Å². The minimum Gasteiger partial charge on any atom is -0.374 e. The monoisotopic (exact) mass is 249 g/mol. The van der Waals surface area contributed by atoms with Gasteiger partial charge in [0.15, 0.2) is 0 Å². The first kappa shape index (κ1) is 13.5. The zero-order valence-electron chi connectivity index (χ0n) is 9.50. The summed E-state index contributed by atoms with van der Waals surface area (Å²) in [4.78, 5) is 2.53. The molecule has 1 aromatic rings. The lowest BCUT2D eigenvalue weighted by Gasteiger charge is -2.12. The number of rotatable bonds is 7. The molecule has 1 heterocycles. The van der Waals surface area contributed by atoms with Gasteiger partial charge in [0.2, 0.25) is 0 Å². The molecule has 1 atom stereocenters. The largest absolute Gasteiger partial charge is 0.374 e. The van der Waals surface area contributed by atoms with E-state index in [-0.39, 0.29) is 6.04 Å². The van der Waals surface area contributed by atoms with Crippen LogP contribution in [0.2, 0.25) is 0 Å². The molecule has 0 amide bonds. The van der Waals surface area contributed by atoms with E-state index >= 15 is 0 Å². The lowest BCUT2D eigenvalue weighted by atomic mass is 10.3. The van der Waals surface area contributed by atoms with Crippen LogP contribution in [0.5, 0.6) is 0 Å². The summed E-state index contributed by atoms with van der Waals surface area (Å²) < 4.78 is 28.3. The Bertz CT molecular complexity index is 304. The lowest BCUT2D eigenvalue weighted by molar-refractivity contribution is 0.0183. The number of halogens is 2. The summed E-state index contributed by atoms with van der Waals surface area (Å²) in [7, 11) is 0. The Hall–Kier alpha value is -0.520. The van der Waals surface area contributed by atoms with Crippen LogP contribution in [0.15, 0.2) is 12.1 Å². The van der Waals surface area contributed by atoms with Gasteiger partial charge in [-0.3, -0.25) is 0 Å². The second kappa shape index (κ2) is 6.93. The van der Waals surface area contributed by atoms with Gasteiger partial charge < -0.3 is 10.1 Å². The van der Waals surface area contributed by atoms with Gasteiger partial charge in [-0.25, -0.2) is 8.78 Å². The third-order valence-corrected chi connectivity index (χ3v) is 3.31. The second-order valence-electron chi connectivity index (χ2n) is 3.59. The van der Waals surface area contributed by atoms with Crippen LogP contribution in [0.4, 0.5) is 8.78 Å². The SMILES string of the molecule is Cc1ccc(C(C)NCCOCC(F)F)s1. The predicted octanol–water partition coefficient (Wildman–Crippen LogP) is 2.99. The maximum absolute atomic E-state index is 11.7. The van der Waals surface area contributed by atoms with Crippen molar-refractivity contribution in [2.24, 2.45) is 0 Å². The Morgan fingerprint density at radius 3 is 2.75 bits per heavy atom. The van der Waals surface area contributed by atoms with Crippen LogP contribution in [0.1, 0.15) is 22.7 Å². The van der Waals surface area contributed by atoms with E-state index in [9.17, 15) is 8.78 Å². The van der Waals surface area contributed by atoms with Crippen LogP contribution < -0.4 is 5.32 Å². The van der Waals surface area contributed by atoms with Gasteiger partial charge >= 0.3 is 0 Å². The molecule has 92 valence electrons. The highest BCUT2D eigenvalue weighted by atomic mass is 32.1. The zero-order valence-corrected chi connectivity index (χ0v) is 10.3. The highest BCUT2D eigenvalue weighted by Gasteiger charge is 2.06. The number of aryl methyl sites for hydroxylation is 1. The Morgan fingerprint density at radius 2 is 2.19 bits per heavy atom. The van der Waals surface area contributed by atoms with Gasteiger partial charge in [-0.15, -0.1) is 11.3 Å². The minimum atomic E-state index is -2.38. The molecule has 1 unspecified atom stereocenters. The molecule has 0 aliphatic heterocycles. The lowest BCUT2D eigenvalue weighted by Crippen LogP contribution is -2.23. The summed E-state index contributed by atoms with van der Waals surface area (Å²) in [6.45, 7) is 4.54. The number of thiophene rings is 1. The van der Waals surface area contributed by atoms with E-state index < -0.39 is 13.0 Å². The van der Waals surface area contributed by atoms with E-state index in [1.807, 2.05) is 0 Å². The van der Waals surface area contributed by atoms with Crippen LogP contribution in [0.25, 0.3) is 0 Å². The Kier molecular flexibility index (Phi) is 5.87. The first-order valence-corrected chi connectivity index (χ1v) is 6.07. The molecular weight excluding hydrogens is 232 g/mol. The van der Waals surface area contributed by atoms with Crippen molar-refractivity contribution in [3.8, 4) is 0 Å². The average molecular weight is 249 g/mol. The van der Waals surface area contributed by atoms with Crippen LogP contribution in [0, 0.1) is 6.92 Å². The van der Waals surface area contributed by atoms with Crippen molar-refractivity contribution >= 4 is 11.3 Å². The molecule has 0 bridgehead atoms. The number of ether oxygens (including phenoxy) is 1. The van der Waals surface area contributed by atoms with Gasteiger partial charge in [0.05, 0.1) is 6.61 Å². The standard InChI is InChI=1S/C11H17F2NOS/c1-8-3-4-10(16-8)9(2)14-5-6-15-7-11(12)13/h3-4,9,11,14H,5-7H2,1-2H3. The molecular formula is C11H17F2NOS. The molecule has 1 N–H and O–H groups in total. The van der Waals surface area contributed by atoms with Gasteiger partial charge in [-0.05, 0) is 26.0 Å². The van der Waals surface area contributed by atoms with Gasteiger partial charge in [-0.1, -0.05) is 0 Å². The van der Waals surface area contributed by atoms with Crippen molar-refractivity contribution in [1.29, 1.82) is 0 Å². The molecule has 0 spiro atoms. The van der Waals surface area contributed by atoms with E-state index in [0.717, 1.165) is 0 Å². The second-order valence-corrected chi connectivity index (χ2v) is 4.91. The van der Waals surface area contributed by atoms with Crippen molar-refractivity contribution in [1.82, 2.24) is 5.32 Å². The fourth-order valence-corrected chi connectivity index (χ4v) is 2.21. The highest BCUT2D eigenvalue weighted by molar-refractivity contribution is 7.12. The van der Waals surface area contributed by atoms with Crippen molar-refractivity contribution in [3.63, 3.8) is 0 Å². The number of hydrogen-bond donors (Lipinski definition) is 1. The molecule has 0 aliphatic carbocycles. The third-order valence-electron chi connectivity index (χ3n) is 2.13. The first-order chi connectivity index (χ1) is 7.59. The molecule has 16 heavy (non-hydrogen) atoms. The van der Waals surface area contributed by atoms with Crippen molar-refractivity contribution in [2.45, 2.75) is 26.3 Å². The molecule has 0 saturated carbocycles. The van der Waals surface area contributed by atoms with Gasteiger partial charge in [-0.2, -0.15) is 0 Å². The first-order valence-electron chi connectivity index (χ1n) is 5.25. The van der Waals surface area contributed by atoms with E-state index in [2.05, 4.69) is 31.3 Å². The van der Waals surface area contributed by atoms with Crippen LogP contribution >= 0.6 is 11.3 Å². The van der Waals surface area contributed by atoms with Gasteiger partial charge in [0, 0.05) is 22.3 Å². The Labute approximate surface area is 98.6 Å². The van der Waals surface area contributed by atoms with E-state index in [4.69, 9.17) is 4.74 Å². The summed E-state index contributed by atoms with van der Waals surface area (Å²) >= 11 is 1.74. The van der Waals surface area contributed by atoms with Crippen LogP contribution in [-0.2, 0) is 4.74 Å². The van der Waals surface area contributed by atoms with Crippen molar-refractivity contribution in [3.05, 3.63) is 21.9 Å².